The molecule has 0 spiro atoms. The molecule has 6 nitrogen and oxygen atoms in total. The highest BCUT2D eigenvalue weighted by molar-refractivity contribution is 7.22. The zero-order chi connectivity index (χ0) is 14.1. The lowest BCUT2D eigenvalue weighted by Gasteiger charge is -2.09. The molecule has 1 aromatic carbocycles. The Hall–Kier alpha value is -1.89. The molecular weight excluding hydrogens is 278 g/mol. The van der Waals surface area contributed by atoms with E-state index in [1.54, 1.807) is 6.07 Å². The number of anilines is 1. The summed E-state index contributed by atoms with van der Waals surface area (Å²) in [4.78, 5) is 15.0. The Balaban J connectivity index is 1.98. The molecule has 106 valence electrons. The number of nitro groups is 1. The van der Waals surface area contributed by atoms with Gasteiger partial charge in [0.05, 0.1) is 22.8 Å². The van der Waals surface area contributed by atoms with Crippen LogP contribution in [0, 0.1) is 10.1 Å². The maximum absolute atomic E-state index is 10.9. The van der Waals surface area contributed by atoms with Gasteiger partial charge in [-0.2, -0.15) is 0 Å². The molecular formula is C13H15N3O3S. The molecule has 1 aliphatic carbocycles. The first kappa shape index (κ1) is 13.1. The van der Waals surface area contributed by atoms with Gasteiger partial charge < -0.3 is 10.1 Å². The number of hydrogen-bond donors (Lipinski definition) is 1. The van der Waals surface area contributed by atoms with E-state index in [1.807, 2.05) is 0 Å². The Labute approximate surface area is 119 Å². The normalized spacial score (nSPS) is 15.7. The SMILES string of the molecule is COc1cc([N+](=O)[O-])cc2sc(NC3CCCC3)nc12. The number of non-ortho nitro benzene ring substituents is 1. The number of rotatable bonds is 4. The molecule has 1 heterocycles. The number of hydrogen-bond acceptors (Lipinski definition) is 6. The number of nitrogens with zero attached hydrogens (tertiary/aromatic N) is 2. The van der Waals surface area contributed by atoms with E-state index < -0.39 is 4.92 Å². The van der Waals surface area contributed by atoms with Crippen molar-refractivity contribution in [1.82, 2.24) is 4.98 Å². The van der Waals surface area contributed by atoms with Crippen molar-refractivity contribution in [1.29, 1.82) is 0 Å². The average Bonchev–Trinajstić information content (AvgIpc) is 3.06. The molecule has 1 saturated carbocycles. The Morgan fingerprint density at radius 2 is 2.20 bits per heavy atom. The van der Waals surface area contributed by atoms with Crippen molar-refractivity contribution in [2.75, 3.05) is 12.4 Å². The van der Waals surface area contributed by atoms with E-state index in [4.69, 9.17) is 4.74 Å². The summed E-state index contributed by atoms with van der Waals surface area (Å²) in [6.45, 7) is 0. The van der Waals surface area contributed by atoms with Gasteiger partial charge in [0.15, 0.2) is 10.9 Å². The molecule has 0 saturated heterocycles. The van der Waals surface area contributed by atoms with E-state index in [-0.39, 0.29) is 5.69 Å². The van der Waals surface area contributed by atoms with Crippen LogP contribution in [0.5, 0.6) is 5.75 Å². The van der Waals surface area contributed by atoms with Crippen LogP contribution in [-0.2, 0) is 0 Å². The van der Waals surface area contributed by atoms with Crippen molar-refractivity contribution in [3.63, 3.8) is 0 Å². The van der Waals surface area contributed by atoms with Gasteiger partial charge >= 0.3 is 0 Å². The van der Waals surface area contributed by atoms with Crippen LogP contribution >= 0.6 is 11.3 Å². The third kappa shape index (κ3) is 2.40. The van der Waals surface area contributed by atoms with E-state index in [2.05, 4.69) is 10.3 Å². The van der Waals surface area contributed by atoms with Crippen molar-refractivity contribution in [2.45, 2.75) is 31.7 Å². The summed E-state index contributed by atoms with van der Waals surface area (Å²) in [5.41, 5.74) is 0.717. The monoisotopic (exact) mass is 293 g/mol. The van der Waals surface area contributed by atoms with Crippen LogP contribution in [0.15, 0.2) is 12.1 Å². The molecule has 1 aliphatic rings. The van der Waals surface area contributed by atoms with Crippen molar-refractivity contribution >= 4 is 32.4 Å². The summed E-state index contributed by atoms with van der Waals surface area (Å²) in [7, 11) is 1.50. The number of nitrogens with one attached hydrogen (secondary N) is 1. The highest BCUT2D eigenvalue weighted by Gasteiger charge is 2.19. The van der Waals surface area contributed by atoms with Gasteiger partial charge in [0, 0.05) is 12.1 Å². The second kappa shape index (κ2) is 5.24. The molecule has 1 fully saturated rings. The zero-order valence-corrected chi connectivity index (χ0v) is 11.9. The maximum atomic E-state index is 10.9. The number of ether oxygens (including phenoxy) is 1. The molecule has 0 radical (unpaired) electrons. The second-order valence-electron chi connectivity index (χ2n) is 4.90. The third-order valence-corrected chi connectivity index (χ3v) is 4.49. The number of fused-ring (bicyclic) bond motifs is 1. The van der Waals surface area contributed by atoms with E-state index in [0.29, 0.717) is 17.3 Å². The Morgan fingerprint density at radius 3 is 2.85 bits per heavy atom. The predicted molar refractivity (Wildman–Crippen MR) is 78.7 cm³/mol. The third-order valence-electron chi connectivity index (χ3n) is 3.56. The second-order valence-corrected chi connectivity index (χ2v) is 5.93. The molecule has 0 aliphatic heterocycles. The van der Waals surface area contributed by atoms with Gasteiger partial charge in [-0.1, -0.05) is 24.2 Å². The first-order chi connectivity index (χ1) is 9.67. The minimum Gasteiger partial charge on any atom is -0.494 e. The van der Waals surface area contributed by atoms with Gasteiger partial charge in [0.2, 0.25) is 0 Å². The van der Waals surface area contributed by atoms with Crippen molar-refractivity contribution < 1.29 is 9.66 Å². The lowest BCUT2D eigenvalue weighted by molar-refractivity contribution is -0.384. The van der Waals surface area contributed by atoms with Crippen LogP contribution in [0.4, 0.5) is 10.8 Å². The summed E-state index contributed by atoms with van der Waals surface area (Å²) in [6.07, 6.45) is 4.81. The van der Waals surface area contributed by atoms with Gasteiger partial charge in [0.1, 0.15) is 5.52 Å². The molecule has 2 aromatic rings. The topological polar surface area (TPSA) is 77.3 Å². The summed E-state index contributed by atoms with van der Waals surface area (Å²) in [5, 5.41) is 15.1. The molecule has 3 rings (SSSR count). The number of thiazole rings is 1. The van der Waals surface area contributed by atoms with Gasteiger partial charge in [-0.15, -0.1) is 0 Å². The van der Waals surface area contributed by atoms with Crippen molar-refractivity contribution in [2.24, 2.45) is 0 Å². The van der Waals surface area contributed by atoms with Gasteiger partial charge in [-0.3, -0.25) is 10.1 Å². The van der Waals surface area contributed by atoms with E-state index in [9.17, 15) is 10.1 Å². The van der Waals surface area contributed by atoms with Crippen molar-refractivity contribution in [3.8, 4) is 5.75 Å². The average molecular weight is 293 g/mol. The maximum Gasteiger partial charge on any atom is 0.274 e. The molecule has 0 atom stereocenters. The van der Waals surface area contributed by atoms with Crippen LogP contribution in [0.1, 0.15) is 25.7 Å². The van der Waals surface area contributed by atoms with Crippen LogP contribution in [0.3, 0.4) is 0 Å². The molecule has 7 heteroatoms. The fraction of sp³-hybridized carbons (Fsp3) is 0.462. The molecule has 1 aromatic heterocycles. The molecule has 0 bridgehead atoms. The standard InChI is InChI=1S/C13H15N3O3S/c1-19-10-6-9(16(17)18)7-11-12(10)15-13(20-11)14-8-4-2-3-5-8/h6-8H,2-5H2,1H3,(H,14,15). The number of methoxy groups -OCH3 is 1. The minimum atomic E-state index is -0.411. The molecule has 0 amide bonds. The fourth-order valence-corrected chi connectivity index (χ4v) is 3.55. The molecule has 20 heavy (non-hydrogen) atoms. The predicted octanol–water partition coefficient (Wildman–Crippen LogP) is 3.57. The summed E-state index contributed by atoms with van der Waals surface area (Å²) < 4.78 is 5.99. The Bertz CT molecular complexity index is 650. The largest absolute Gasteiger partial charge is 0.494 e. The summed E-state index contributed by atoms with van der Waals surface area (Å²) in [5.74, 6) is 0.449. The zero-order valence-electron chi connectivity index (χ0n) is 11.1. The first-order valence-corrected chi connectivity index (χ1v) is 7.38. The smallest absolute Gasteiger partial charge is 0.274 e. The lowest BCUT2D eigenvalue weighted by atomic mass is 10.2. The highest BCUT2D eigenvalue weighted by Crippen LogP contribution is 2.37. The van der Waals surface area contributed by atoms with Gasteiger partial charge in [-0.25, -0.2) is 4.98 Å². The number of nitro benzene ring substituents is 1. The quantitative estimate of drug-likeness (QED) is 0.688. The Morgan fingerprint density at radius 1 is 1.45 bits per heavy atom. The van der Waals surface area contributed by atoms with Crippen molar-refractivity contribution in [3.05, 3.63) is 22.2 Å². The molecule has 0 unspecified atom stereocenters. The Kier molecular flexibility index (Phi) is 3.43. The number of aromatic nitrogens is 1. The highest BCUT2D eigenvalue weighted by atomic mass is 32.1. The molecule has 1 N–H and O–H groups in total. The van der Waals surface area contributed by atoms with Crippen LogP contribution < -0.4 is 10.1 Å². The van der Waals surface area contributed by atoms with E-state index >= 15 is 0 Å². The minimum absolute atomic E-state index is 0.0328. The summed E-state index contributed by atoms with van der Waals surface area (Å²) in [6, 6.07) is 3.44. The summed E-state index contributed by atoms with van der Waals surface area (Å²) >= 11 is 1.44. The van der Waals surface area contributed by atoms with Gasteiger partial charge in [0.25, 0.3) is 5.69 Å². The lowest BCUT2D eigenvalue weighted by Crippen LogP contribution is -2.13. The van der Waals surface area contributed by atoms with E-state index in [1.165, 1.54) is 37.4 Å². The van der Waals surface area contributed by atoms with Crippen LogP contribution in [0.2, 0.25) is 0 Å². The first-order valence-electron chi connectivity index (χ1n) is 6.57. The van der Waals surface area contributed by atoms with Gasteiger partial charge in [-0.05, 0) is 12.8 Å². The fourth-order valence-electron chi connectivity index (χ4n) is 2.55. The van der Waals surface area contributed by atoms with Crippen LogP contribution in [0.25, 0.3) is 10.2 Å². The van der Waals surface area contributed by atoms with E-state index in [0.717, 1.165) is 22.7 Å². The van der Waals surface area contributed by atoms with Crippen LogP contribution in [-0.4, -0.2) is 23.1 Å². The number of benzene rings is 1.